The normalized spacial score (nSPS) is 27.5. The molecule has 6 nitrogen and oxygen atoms in total. The van der Waals surface area contributed by atoms with E-state index in [1.807, 2.05) is 0 Å². The van der Waals surface area contributed by atoms with Crippen LogP contribution in [0.4, 0.5) is 0 Å². The maximum absolute atomic E-state index is 8.91. The van der Waals surface area contributed by atoms with Crippen molar-refractivity contribution in [3.63, 3.8) is 0 Å². The van der Waals surface area contributed by atoms with Crippen LogP contribution in [0.25, 0.3) is 0 Å². The third-order valence-corrected chi connectivity index (χ3v) is 2.33. The van der Waals surface area contributed by atoms with Crippen molar-refractivity contribution in [3.8, 4) is 0 Å². The number of hydrogen-bond acceptors (Lipinski definition) is 6. The molecular weight excluding hydrogens is 176 g/mol. The molecule has 78 valence electrons. The van der Waals surface area contributed by atoms with Gasteiger partial charge in [-0.15, -0.1) is 0 Å². The first kappa shape index (κ1) is 10.8. The highest BCUT2D eigenvalue weighted by atomic mass is 16.5. The van der Waals surface area contributed by atoms with Gasteiger partial charge in [0, 0.05) is 25.7 Å². The van der Waals surface area contributed by atoms with Gasteiger partial charge in [-0.25, -0.2) is 0 Å². The highest BCUT2D eigenvalue weighted by Gasteiger charge is 2.29. The summed E-state index contributed by atoms with van der Waals surface area (Å²) < 4.78 is 0. The van der Waals surface area contributed by atoms with Crippen LogP contribution in [-0.2, 0) is 0 Å². The molecule has 6 heteroatoms. The lowest BCUT2D eigenvalue weighted by Gasteiger charge is -2.40. The Labute approximate surface area is 76.6 Å². The molecule has 1 atom stereocenters. The Morgan fingerprint density at radius 3 is 2.08 bits per heavy atom. The maximum atomic E-state index is 8.91. The molecule has 0 spiro atoms. The second-order valence-electron chi connectivity index (χ2n) is 3.27. The Bertz CT molecular complexity index is 165. The van der Waals surface area contributed by atoms with Crippen LogP contribution in [0.3, 0.4) is 0 Å². The molecule has 1 aliphatic rings. The van der Waals surface area contributed by atoms with Gasteiger partial charge in [0.05, 0.1) is 0 Å². The number of aliphatic hydroxyl groups is 4. The van der Waals surface area contributed by atoms with E-state index < -0.39 is 12.8 Å². The summed E-state index contributed by atoms with van der Waals surface area (Å²) in [5, 5.41) is 35.5. The molecule has 13 heavy (non-hydrogen) atoms. The smallest absolute Gasteiger partial charge is 0.213 e. The summed E-state index contributed by atoms with van der Waals surface area (Å²) in [5.41, 5.74) is 0. The maximum Gasteiger partial charge on any atom is 0.213 e. The minimum Gasteiger partial charge on any atom is -0.356 e. The number of aliphatic hydroxyl groups excluding tert-OH is 2. The van der Waals surface area contributed by atoms with Crippen molar-refractivity contribution in [2.75, 3.05) is 19.6 Å². The summed E-state index contributed by atoms with van der Waals surface area (Å²) in [6.45, 7) is 3.04. The minimum atomic E-state index is -1.46. The Hall–Kier alpha value is -0.240. The van der Waals surface area contributed by atoms with E-state index in [-0.39, 0.29) is 6.04 Å². The largest absolute Gasteiger partial charge is 0.356 e. The van der Waals surface area contributed by atoms with Crippen LogP contribution < -0.4 is 0 Å². The lowest BCUT2D eigenvalue weighted by atomic mass is 10.2. The lowest BCUT2D eigenvalue weighted by Crippen LogP contribution is -2.57. The molecule has 0 aliphatic carbocycles. The first-order chi connectivity index (χ1) is 6.02. The zero-order chi connectivity index (χ0) is 10.0. The fourth-order valence-electron chi connectivity index (χ4n) is 1.55. The molecule has 0 aromatic carbocycles. The van der Waals surface area contributed by atoms with E-state index in [1.165, 1.54) is 9.80 Å². The van der Waals surface area contributed by atoms with Gasteiger partial charge in [-0.2, -0.15) is 0 Å². The van der Waals surface area contributed by atoms with E-state index in [9.17, 15) is 0 Å². The van der Waals surface area contributed by atoms with Gasteiger partial charge in [-0.1, -0.05) is 0 Å². The molecule has 1 aliphatic heterocycles. The van der Waals surface area contributed by atoms with Crippen LogP contribution in [0.2, 0.25) is 0 Å². The highest BCUT2D eigenvalue weighted by molar-refractivity contribution is 4.77. The molecule has 0 saturated carbocycles. The molecule has 0 bridgehead atoms. The molecule has 1 heterocycles. The van der Waals surface area contributed by atoms with Crippen molar-refractivity contribution in [1.29, 1.82) is 0 Å². The fourth-order valence-corrected chi connectivity index (χ4v) is 1.55. The second-order valence-corrected chi connectivity index (χ2v) is 3.27. The van der Waals surface area contributed by atoms with E-state index in [4.69, 9.17) is 20.4 Å². The molecule has 1 rings (SSSR count). The average molecular weight is 192 g/mol. The highest BCUT2D eigenvalue weighted by Crippen LogP contribution is 2.11. The first-order valence-electron chi connectivity index (χ1n) is 4.24. The summed E-state index contributed by atoms with van der Waals surface area (Å²) in [5.74, 6) is 0. The molecule has 4 N–H and O–H groups in total. The van der Waals surface area contributed by atoms with Crippen molar-refractivity contribution in [1.82, 2.24) is 9.80 Å². The standard InChI is InChI=1S/C7H16N2O4/c1-5-4-8(6(10)11)2-3-9(5)7(12)13/h5-7,10-13H,2-4H2,1H3/t5-/m1/s1. The third-order valence-electron chi connectivity index (χ3n) is 2.33. The van der Waals surface area contributed by atoms with Crippen molar-refractivity contribution < 1.29 is 20.4 Å². The summed E-state index contributed by atoms with van der Waals surface area (Å²) in [6, 6.07) is -0.101. The average Bonchev–Trinajstić information content (AvgIpc) is 2.03. The van der Waals surface area contributed by atoms with Crippen molar-refractivity contribution in [2.24, 2.45) is 0 Å². The monoisotopic (exact) mass is 192 g/mol. The van der Waals surface area contributed by atoms with Crippen LogP contribution >= 0.6 is 0 Å². The van der Waals surface area contributed by atoms with E-state index >= 15 is 0 Å². The zero-order valence-electron chi connectivity index (χ0n) is 7.54. The molecule has 0 amide bonds. The SMILES string of the molecule is C[C@@H]1CN(C(O)O)CCN1C(O)O. The minimum absolute atomic E-state index is 0.101. The Morgan fingerprint density at radius 2 is 1.69 bits per heavy atom. The number of nitrogens with zero attached hydrogens (tertiary/aromatic N) is 2. The van der Waals surface area contributed by atoms with E-state index in [0.717, 1.165) is 0 Å². The molecule has 0 unspecified atom stereocenters. The van der Waals surface area contributed by atoms with Crippen LogP contribution in [0.15, 0.2) is 0 Å². The Morgan fingerprint density at radius 1 is 1.08 bits per heavy atom. The van der Waals surface area contributed by atoms with E-state index in [2.05, 4.69) is 0 Å². The summed E-state index contributed by atoms with van der Waals surface area (Å²) in [7, 11) is 0. The summed E-state index contributed by atoms with van der Waals surface area (Å²) in [4.78, 5) is 2.95. The fraction of sp³-hybridized carbons (Fsp3) is 1.00. The van der Waals surface area contributed by atoms with Gasteiger partial charge in [0.1, 0.15) is 0 Å². The second kappa shape index (κ2) is 4.32. The summed E-state index contributed by atoms with van der Waals surface area (Å²) >= 11 is 0. The lowest BCUT2D eigenvalue weighted by molar-refractivity contribution is -0.215. The zero-order valence-corrected chi connectivity index (χ0v) is 7.54. The van der Waals surface area contributed by atoms with Crippen LogP contribution in [0, 0.1) is 0 Å². The number of rotatable bonds is 2. The molecular formula is C7H16N2O4. The van der Waals surface area contributed by atoms with Crippen LogP contribution in [-0.4, -0.2) is 68.7 Å². The quantitative estimate of drug-likeness (QED) is 0.363. The van der Waals surface area contributed by atoms with E-state index in [0.29, 0.717) is 19.6 Å². The van der Waals surface area contributed by atoms with Crippen molar-refractivity contribution in [3.05, 3.63) is 0 Å². The molecule has 0 radical (unpaired) electrons. The van der Waals surface area contributed by atoms with Crippen LogP contribution in [0.5, 0.6) is 0 Å². The molecule has 0 aromatic rings. The predicted octanol–water partition coefficient (Wildman–Crippen LogP) is -2.47. The van der Waals surface area contributed by atoms with Gasteiger partial charge in [0.15, 0.2) is 0 Å². The molecule has 0 aromatic heterocycles. The van der Waals surface area contributed by atoms with Crippen LogP contribution in [0.1, 0.15) is 6.92 Å². The van der Waals surface area contributed by atoms with Crippen molar-refractivity contribution >= 4 is 0 Å². The first-order valence-corrected chi connectivity index (χ1v) is 4.24. The molecule has 1 saturated heterocycles. The Kier molecular flexibility index (Phi) is 3.60. The molecule has 1 fully saturated rings. The topological polar surface area (TPSA) is 87.4 Å². The van der Waals surface area contributed by atoms with E-state index in [1.54, 1.807) is 6.92 Å². The van der Waals surface area contributed by atoms with Crippen molar-refractivity contribution in [2.45, 2.75) is 25.8 Å². The van der Waals surface area contributed by atoms with Gasteiger partial charge in [-0.3, -0.25) is 9.80 Å². The van der Waals surface area contributed by atoms with Gasteiger partial charge in [0.2, 0.25) is 12.8 Å². The summed E-state index contributed by atoms with van der Waals surface area (Å²) in [6.07, 6.45) is -2.92. The predicted molar refractivity (Wildman–Crippen MR) is 44.2 cm³/mol. The Balaban J connectivity index is 2.46. The number of piperazine rings is 1. The number of hydrogen-bond donors (Lipinski definition) is 4. The van der Waals surface area contributed by atoms with Gasteiger partial charge < -0.3 is 20.4 Å². The van der Waals surface area contributed by atoms with Gasteiger partial charge >= 0.3 is 0 Å². The van der Waals surface area contributed by atoms with Gasteiger partial charge in [0.25, 0.3) is 0 Å². The third kappa shape index (κ3) is 2.60. The van der Waals surface area contributed by atoms with Gasteiger partial charge in [-0.05, 0) is 6.92 Å².